The Balaban J connectivity index is 1.74. The van der Waals surface area contributed by atoms with Gasteiger partial charge in [-0.15, -0.1) is 0 Å². The number of fused-ring (bicyclic) bond motifs is 1. The number of carbonyl (C=O) groups is 2. The number of nitrogens with zero attached hydrogens (tertiary/aromatic N) is 1. The van der Waals surface area contributed by atoms with Gasteiger partial charge in [0.05, 0.1) is 13.7 Å². The predicted molar refractivity (Wildman–Crippen MR) is 106 cm³/mol. The number of hydrogen-bond acceptors (Lipinski definition) is 5. The Kier molecular flexibility index (Phi) is 4.77. The molecule has 4 rings (SSSR count). The van der Waals surface area contributed by atoms with Crippen LogP contribution in [0.15, 0.2) is 57.7 Å². The lowest BCUT2D eigenvalue weighted by Crippen LogP contribution is -2.43. The van der Waals surface area contributed by atoms with E-state index in [4.69, 9.17) is 9.15 Å². The van der Waals surface area contributed by atoms with Crippen LogP contribution >= 0.6 is 0 Å². The van der Waals surface area contributed by atoms with Gasteiger partial charge in [-0.05, 0) is 41.8 Å². The highest BCUT2D eigenvalue weighted by Gasteiger charge is 2.51. The number of methoxy groups -OCH3 is 1. The molecule has 1 saturated heterocycles. The van der Waals surface area contributed by atoms with E-state index in [1.165, 1.54) is 37.4 Å². The molecule has 0 aliphatic carbocycles. The van der Waals surface area contributed by atoms with E-state index in [0.29, 0.717) is 27.8 Å². The van der Waals surface area contributed by atoms with Crippen LogP contribution in [0.1, 0.15) is 24.5 Å². The Bertz CT molecular complexity index is 1200. The van der Waals surface area contributed by atoms with E-state index in [2.05, 4.69) is 5.32 Å². The lowest BCUT2D eigenvalue weighted by atomic mass is 9.87. The van der Waals surface area contributed by atoms with Crippen LogP contribution in [0.4, 0.5) is 9.18 Å². The highest BCUT2D eigenvalue weighted by Crippen LogP contribution is 2.34. The molecule has 0 radical (unpaired) electrons. The molecule has 154 valence electrons. The largest absolute Gasteiger partial charge is 0.497 e. The number of nitrogens with one attached hydrogen (secondary N) is 1. The summed E-state index contributed by atoms with van der Waals surface area (Å²) in [5.41, 5.74) is -0.626. The van der Waals surface area contributed by atoms with Gasteiger partial charge in [0, 0.05) is 17.5 Å². The van der Waals surface area contributed by atoms with Gasteiger partial charge in [-0.1, -0.05) is 19.1 Å². The highest BCUT2D eigenvalue weighted by atomic mass is 19.1. The van der Waals surface area contributed by atoms with Gasteiger partial charge in [-0.2, -0.15) is 0 Å². The maximum Gasteiger partial charge on any atom is 0.336 e. The van der Waals surface area contributed by atoms with Gasteiger partial charge in [-0.25, -0.2) is 14.0 Å². The Morgan fingerprint density at radius 2 is 1.83 bits per heavy atom. The standard InChI is InChI=1S/C22H19FN2O5/c1-3-22(14-4-6-15(23)7-5-14)20(27)25(21(28)24-22)12-13-10-19(26)30-18-11-16(29-2)8-9-17(13)18/h4-11H,3,12H2,1-2H3,(H,24,28)/t22-/m0/s1. The van der Waals surface area contributed by atoms with E-state index in [9.17, 15) is 18.8 Å². The molecule has 8 heteroatoms. The molecule has 1 aliphatic heterocycles. The predicted octanol–water partition coefficient (Wildman–Crippen LogP) is 3.30. The van der Waals surface area contributed by atoms with Crippen LogP contribution in [0.3, 0.4) is 0 Å². The van der Waals surface area contributed by atoms with Crippen LogP contribution in [0.5, 0.6) is 5.75 Å². The smallest absolute Gasteiger partial charge is 0.336 e. The second-order valence-corrected chi connectivity index (χ2v) is 7.04. The lowest BCUT2D eigenvalue weighted by molar-refractivity contribution is -0.132. The van der Waals surface area contributed by atoms with E-state index in [-0.39, 0.29) is 13.0 Å². The Labute approximate surface area is 171 Å². The molecule has 3 amide bonds. The van der Waals surface area contributed by atoms with Crippen molar-refractivity contribution in [3.05, 3.63) is 75.9 Å². The van der Waals surface area contributed by atoms with Gasteiger partial charge in [0.2, 0.25) is 0 Å². The first-order valence-electron chi connectivity index (χ1n) is 9.39. The van der Waals surface area contributed by atoms with Gasteiger partial charge in [0.25, 0.3) is 5.91 Å². The highest BCUT2D eigenvalue weighted by molar-refractivity contribution is 6.07. The molecule has 0 unspecified atom stereocenters. The first-order chi connectivity index (χ1) is 14.4. The zero-order valence-electron chi connectivity index (χ0n) is 16.4. The van der Waals surface area contributed by atoms with E-state index >= 15 is 0 Å². The van der Waals surface area contributed by atoms with E-state index in [1.54, 1.807) is 25.1 Å². The van der Waals surface area contributed by atoms with Crippen molar-refractivity contribution in [2.45, 2.75) is 25.4 Å². The summed E-state index contributed by atoms with van der Waals surface area (Å²) in [4.78, 5) is 39.1. The summed E-state index contributed by atoms with van der Waals surface area (Å²) in [6, 6.07) is 11.1. The van der Waals surface area contributed by atoms with Gasteiger partial charge < -0.3 is 14.5 Å². The maximum atomic E-state index is 13.4. The number of ether oxygens (including phenoxy) is 1. The van der Waals surface area contributed by atoms with Crippen molar-refractivity contribution >= 4 is 22.9 Å². The number of urea groups is 1. The summed E-state index contributed by atoms with van der Waals surface area (Å²) < 4.78 is 23.7. The Hall–Kier alpha value is -3.68. The number of halogens is 1. The van der Waals surface area contributed by atoms with Gasteiger partial charge >= 0.3 is 11.7 Å². The number of benzene rings is 2. The molecular weight excluding hydrogens is 391 g/mol. The van der Waals surface area contributed by atoms with Crippen molar-refractivity contribution in [3.63, 3.8) is 0 Å². The van der Waals surface area contributed by atoms with Gasteiger partial charge in [0.15, 0.2) is 0 Å². The Morgan fingerprint density at radius 3 is 2.50 bits per heavy atom. The van der Waals surface area contributed by atoms with Crippen molar-refractivity contribution in [2.24, 2.45) is 0 Å². The van der Waals surface area contributed by atoms with Crippen molar-refractivity contribution in [2.75, 3.05) is 7.11 Å². The fourth-order valence-corrected chi connectivity index (χ4v) is 3.78. The molecule has 2 aromatic carbocycles. The molecule has 2 heterocycles. The quantitative estimate of drug-likeness (QED) is 0.515. The number of rotatable bonds is 5. The summed E-state index contributed by atoms with van der Waals surface area (Å²) in [6.07, 6.45) is 0.286. The van der Waals surface area contributed by atoms with E-state index in [1.807, 2.05) is 0 Å². The molecule has 1 N–H and O–H groups in total. The maximum absolute atomic E-state index is 13.4. The number of carbonyl (C=O) groups excluding carboxylic acids is 2. The normalized spacial score (nSPS) is 18.7. The molecule has 0 bridgehead atoms. The average Bonchev–Trinajstić information content (AvgIpc) is 2.98. The third-order valence-electron chi connectivity index (χ3n) is 5.41. The summed E-state index contributed by atoms with van der Waals surface area (Å²) in [5.74, 6) is -0.382. The van der Waals surface area contributed by atoms with Crippen LogP contribution in [0.2, 0.25) is 0 Å². The second kappa shape index (κ2) is 7.29. The van der Waals surface area contributed by atoms with Crippen molar-refractivity contribution in [3.8, 4) is 5.75 Å². The third-order valence-corrected chi connectivity index (χ3v) is 5.41. The fraction of sp³-hybridized carbons (Fsp3) is 0.227. The van der Waals surface area contributed by atoms with E-state index < -0.39 is 28.9 Å². The zero-order chi connectivity index (χ0) is 21.5. The minimum Gasteiger partial charge on any atom is -0.497 e. The van der Waals surface area contributed by atoms with Crippen molar-refractivity contribution < 1.29 is 23.1 Å². The SMILES string of the molecule is CC[C@@]1(c2ccc(F)cc2)NC(=O)N(Cc2cc(=O)oc3cc(OC)ccc23)C1=O. The third kappa shape index (κ3) is 3.10. The summed E-state index contributed by atoms with van der Waals surface area (Å²) in [5, 5.41) is 3.34. The van der Waals surface area contributed by atoms with Crippen molar-refractivity contribution in [1.29, 1.82) is 0 Å². The van der Waals surface area contributed by atoms with Crippen LogP contribution < -0.4 is 15.7 Å². The number of amides is 3. The molecule has 30 heavy (non-hydrogen) atoms. The lowest BCUT2D eigenvalue weighted by Gasteiger charge is -2.25. The molecule has 1 fully saturated rings. The first kappa shape index (κ1) is 19.6. The van der Waals surface area contributed by atoms with Crippen LogP contribution in [-0.2, 0) is 16.9 Å². The first-order valence-corrected chi connectivity index (χ1v) is 9.39. The van der Waals surface area contributed by atoms with Crippen LogP contribution in [0, 0.1) is 5.82 Å². The van der Waals surface area contributed by atoms with Crippen LogP contribution in [-0.4, -0.2) is 23.9 Å². The summed E-state index contributed by atoms with van der Waals surface area (Å²) >= 11 is 0. The molecule has 1 atom stereocenters. The summed E-state index contributed by atoms with van der Waals surface area (Å²) in [7, 11) is 1.50. The van der Waals surface area contributed by atoms with Gasteiger partial charge in [0.1, 0.15) is 22.7 Å². The molecule has 1 aromatic heterocycles. The minimum atomic E-state index is -1.29. The number of hydrogen-bond donors (Lipinski definition) is 1. The van der Waals surface area contributed by atoms with Crippen LogP contribution in [0.25, 0.3) is 11.0 Å². The molecule has 7 nitrogen and oxygen atoms in total. The van der Waals surface area contributed by atoms with Gasteiger partial charge in [-0.3, -0.25) is 9.69 Å². The Morgan fingerprint density at radius 1 is 1.10 bits per heavy atom. The molecule has 0 saturated carbocycles. The monoisotopic (exact) mass is 410 g/mol. The molecule has 1 aliphatic rings. The minimum absolute atomic E-state index is 0.109. The molecule has 3 aromatic rings. The van der Waals surface area contributed by atoms with E-state index in [0.717, 1.165) is 4.90 Å². The summed E-state index contributed by atoms with van der Waals surface area (Å²) in [6.45, 7) is 1.66. The van der Waals surface area contributed by atoms with Crippen molar-refractivity contribution in [1.82, 2.24) is 10.2 Å². The molecule has 0 spiro atoms. The zero-order valence-corrected chi connectivity index (χ0v) is 16.4. The average molecular weight is 410 g/mol. The number of imide groups is 1. The fourth-order valence-electron chi connectivity index (χ4n) is 3.78. The molecular formula is C22H19FN2O5. The topological polar surface area (TPSA) is 88.8 Å². The second-order valence-electron chi connectivity index (χ2n) is 7.04.